The molecule has 5 heteroatoms. The van der Waals surface area contributed by atoms with Gasteiger partial charge in [-0.1, -0.05) is 19.3 Å². The fourth-order valence-corrected chi connectivity index (χ4v) is 4.34. The molecule has 1 aliphatic carbocycles. The lowest BCUT2D eigenvalue weighted by Gasteiger charge is -2.40. The van der Waals surface area contributed by atoms with Crippen LogP contribution in [0.3, 0.4) is 0 Å². The number of hydrogen-bond donors (Lipinski definition) is 0. The van der Waals surface area contributed by atoms with Crippen molar-refractivity contribution in [3.8, 4) is 6.07 Å². The quantitative estimate of drug-likeness (QED) is 0.861. The summed E-state index contributed by atoms with van der Waals surface area (Å²) in [5.41, 5.74) is 0.794. The molecule has 1 unspecified atom stereocenters. The maximum Gasteiger partial charge on any atom is 0.254 e. The summed E-state index contributed by atoms with van der Waals surface area (Å²) in [6, 6.07) is 4.47. The molecule has 0 aromatic carbocycles. The number of nitriles is 1. The predicted molar refractivity (Wildman–Crippen MR) is 87.8 cm³/mol. The zero-order chi connectivity index (χ0) is 15.4. The van der Waals surface area contributed by atoms with Crippen LogP contribution >= 0.6 is 11.3 Å². The van der Waals surface area contributed by atoms with Gasteiger partial charge in [0, 0.05) is 31.6 Å². The maximum atomic E-state index is 12.4. The molecule has 2 fully saturated rings. The molecular weight excluding hydrogens is 294 g/mol. The zero-order valence-electron chi connectivity index (χ0n) is 12.9. The summed E-state index contributed by atoms with van der Waals surface area (Å²) in [4.78, 5) is 16.6. The van der Waals surface area contributed by atoms with Crippen LogP contribution in [0.15, 0.2) is 16.8 Å². The van der Waals surface area contributed by atoms with Gasteiger partial charge in [0.15, 0.2) is 0 Å². The molecule has 1 aromatic rings. The van der Waals surface area contributed by atoms with Gasteiger partial charge < -0.3 is 4.90 Å². The van der Waals surface area contributed by atoms with Gasteiger partial charge in [-0.3, -0.25) is 9.69 Å². The van der Waals surface area contributed by atoms with Crippen LogP contribution in [0.4, 0.5) is 0 Å². The molecule has 1 aromatic heterocycles. The first-order valence-corrected chi connectivity index (χ1v) is 9.19. The SMILES string of the molecule is N#CC(C1CCCCC1)N1CCN(C(=O)c2ccsc2)CC1. The number of thiophene rings is 1. The normalized spacial score (nSPS) is 22.2. The maximum absolute atomic E-state index is 12.4. The number of rotatable bonds is 3. The lowest BCUT2D eigenvalue weighted by atomic mass is 9.83. The third kappa shape index (κ3) is 3.34. The van der Waals surface area contributed by atoms with Gasteiger partial charge in [0.1, 0.15) is 6.04 Å². The van der Waals surface area contributed by atoms with Crippen LogP contribution in [0.1, 0.15) is 42.5 Å². The average Bonchev–Trinajstić information content (AvgIpc) is 3.11. The number of carbonyl (C=O) groups is 1. The van der Waals surface area contributed by atoms with E-state index >= 15 is 0 Å². The summed E-state index contributed by atoms with van der Waals surface area (Å²) < 4.78 is 0. The van der Waals surface area contributed by atoms with Crippen LogP contribution in [0, 0.1) is 17.2 Å². The lowest BCUT2D eigenvalue weighted by molar-refractivity contribution is 0.0539. The minimum absolute atomic E-state index is 0.0405. The van der Waals surface area contributed by atoms with Crippen molar-refractivity contribution in [1.29, 1.82) is 5.26 Å². The van der Waals surface area contributed by atoms with Gasteiger partial charge in [-0.05, 0) is 30.2 Å². The van der Waals surface area contributed by atoms with Gasteiger partial charge in [-0.25, -0.2) is 0 Å². The number of hydrogen-bond acceptors (Lipinski definition) is 4. The van der Waals surface area contributed by atoms with Gasteiger partial charge >= 0.3 is 0 Å². The molecular formula is C17H23N3OS. The van der Waals surface area contributed by atoms with E-state index in [0.29, 0.717) is 5.92 Å². The number of nitrogens with zero attached hydrogens (tertiary/aromatic N) is 3. The van der Waals surface area contributed by atoms with Crippen molar-refractivity contribution in [3.63, 3.8) is 0 Å². The Kier molecular flexibility index (Phi) is 5.12. The molecule has 0 spiro atoms. The van der Waals surface area contributed by atoms with E-state index in [9.17, 15) is 10.1 Å². The minimum Gasteiger partial charge on any atom is -0.336 e. The summed E-state index contributed by atoms with van der Waals surface area (Å²) >= 11 is 1.56. The lowest BCUT2D eigenvalue weighted by Crippen LogP contribution is -2.53. The Bertz CT molecular complexity index is 523. The van der Waals surface area contributed by atoms with Crippen molar-refractivity contribution >= 4 is 17.2 Å². The molecule has 2 aliphatic rings. The van der Waals surface area contributed by atoms with Crippen molar-refractivity contribution in [1.82, 2.24) is 9.80 Å². The van der Waals surface area contributed by atoms with E-state index in [2.05, 4.69) is 11.0 Å². The van der Waals surface area contributed by atoms with Crippen LogP contribution in [0.2, 0.25) is 0 Å². The Labute approximate surface area is 136 Å². The monoisotopic (exact) mass is 317 g/mol. The average molecular weight is 317 g/mol. The Balaban J connectivity index is 1.56. The van der Waals surface area contributed by atoms with Crippen LogP contribution < -0.4 is 0 Å². The first-order valence-electron chi connectivity index (χ1n) is 8.25. The smallest absolute Gasteiger partial charge is 0.254 e. The summed E-state index contributed by atoms with van der Waals surface area (Å²) in [6.07, 6.45) is 6.22. The fourth-order valence-electron chi connectivity index (χ4n) is 3.71. The molecule has 2 heterocycles. The van der Waals surface area contributed by atoms with E-state index in [1.54, 1.807) is 11.3 Å². The summed E-state index contributed by atoms with van der Waals surface area (Å²) in [5, 5.41) is 13.4. The second-order valence-electron chi connectivity index (χ2n) is 6.31. The molecule has 0 radical (unpaired) electrons. The summed E-state index contributed by atoms with van der Waals surface area (Å²) in [6.45, 7) is 3.12. The van der Waals surface area contributed by atoms with E-state index in [4.69, 9.17) is 0 Å². The van der Waals surface area contributed by atoms with Crippen molar-refractivity contribution < 1.29 is 4.79 Å². The third-order valence-corrected chi connectivity index (χ3v) is 5.67. The van der Waals surface area contributed by atoms with Gasteiger partial charge in [0.25, 0.3) is 5.91 Å². The molecule has 1 saturated heterocycles. The molecule has 0 bridgehead atoms. The van der Waals surface area contributed by atoms with E-state index < -0.39 is 0 Å². The molecule has 3 rings (SSSR count). The highest BCUT2D eigenvalue weighted by atomic mass is 32.1. The van der Waals surface area contributed by atoms with Crippen molar-refractivity contribution in [2.75, 3.05) is 26.2 Å². The van der Waals surface area contributed by atoms with E-state index in [1.807, 2.05) is 21.7 Å². The van der Waals surface area contributed by atoms with Crippen LogP contribution in [-0.2, 0) is 0 Å². The second kappa shape index (κ2) is 7.26. The number of amides is 1. The van der Waals surface area contributed by atoms with Gasteiger partial charge in [-0.2, -0.15) is 16.6 Å². The van der Waals surface area contributed by atoms with Crippen LogP contribution in [0.5, 0.6) is 0 Å². The zero-order valence-corrected chi connectivity index (χ0v) is 13.7. The third-order valence-electron chi connectivity index (χ3n) is 4.99. The Hall–Kier alpha value is -1.38. The van der Waals surface area contributed by atoms with Crippen LogP contribution in [0.25, 0.3) is 0 Å². The molecule has 4 nitrogen and oxygen atoms in total. The first-order chi connectivity index (χ1) is 10.8. The van der Waals surface area contributed by atoms with Crippen molar-refractivity contribution in [2.24, 2.45) is 5.92 Å². The van der Waals surface area contributed by atoms with Crippen molar-refractivity contribution in [2.45, 2.75) is 38.1 Å². The highest BCUT2D eigenvalue weighted by Crippen LogP contribution is 2.29. The second-order valence-corrected chi connectivity index (χ2v) is 7.09. The Morgan fingerprint density at radius 2 is 1.95 bits per heavy atom. The largest absolute Gasteiger partial charge is 0.336 e. The standard InChI is InChI=1S/C17H23N3OS/c18-12-16(14-4-2-1-3-5-14)19-7-9-20(10-8-19)17(21)15-6-11-22-13-15/h6,11,13-14,16H,1-5,7-10H2. The summed E-state index contributed by atoms with van der Waals surface area (Å²) in [7, 11) is 0. The first kappa shape index (κ1) is 15.5. The van der Waals surface area contributed by atoms with E-state index in [1.165, 1.54) is 32.1 Å². The molecule has 1 aliphatic heterocycles. The molecule has 1 atom stereocenters. The molecule has 118 valence electrons. The van der Waals surface area contributed by atoms with E-state index in [-0.39, 0.29) is 11.9 Å². The van der Waals surface area contributed by atoms with E-state index in [0.717, 1.165) is 31.7 Å². The van der Waals surface area contributed by atoms with Crippen LogP contribution in [-0.4, -0.2) is 47.9 Å². The molecule has 0 N–H and O–H groups in total. The van der Waals surface area contributed by atoms with Crippen molar-refractivity contribution in [3.05, 3.63) is 22.4 Å². The number of carbonyl (C=O) groups excluding carboxylic acids is 1. The predicted octanol–water partition coefficient (Wildman–Crippen LogP) is 2.98. The number of piperazine rings is 1. The highest BCUT2D eigenvalue weighted by Gasteiger charge is 2.32. The topological polar surface area (TPSA) is 47.3 Å². The highest BCUT2D eigenvalue weighted by molar-refractivity contribution is 7.08. The van der Waals surface area contributed by atoms with Gasteiger partial charge in [0.05, 0.1) is 11.6 Å². The molecule has 22 heavy (non-hydrogen) atoms. The summed E-state index contributed by atoms with van der Waals surface area (Å²) in [5.74, 6) is 0.657. The fraction of sp³-hybridized carbons (Fsp3) is 0.647. The molecule has 1 saturated carbocycles. The minimum atomic E-state index is 0.0405. The van der Waals surface area contributed by atoms with Gasteiger partial charge in [-0.15, -0.1) is 0 Å². The Morgan fingerprint density at radius 3 is 2.55 bits per heavy atom. The molecule has 1 amide bonds. The Morgan fingerprint density at radius 1 is 1.23 bits per heavy atom. The van der Waals surface area contributed by atoms with Gasteiger partial charge in [0.2, 0.25) is 0 Å².